The molecule has 0 unspecified atom stereocenters. The van der Waals surface area contributed by atoms with E-state index in [1.807, 2.05) is 0 Å². The highest BCUT2D eigenvalue weighted by molar-refractivity contribution is 6.30. The largest absolute Gasteiger partial charge is 0.363 e. The average Bonchev–Trinajstić information content (AvgIpc) is 2.72. The molecule has 10 nitrogen and oxygen atoms in total. The molecule has 3 N–H and O–H groups in total. The monoisotopic (exact) mass is 419 g/mol. The van der Waals surface area contributed by atoms with E-state index < -0.39 is 10.8 Å². The lowest BCUT2D eigenvalue weighted by Crippen LogP contribution is -2.34. The van der Waals surface area contributed by atoms with E-state index in [2.05, 4.69) is 31.0 Å². The van der Waals surface area contributed by atoms with Crippen molar-refractivity contribution in [3.05, 3.63) is 51.3 Å². The van der Waals surface area contributed by atoms with Crippen LogP contribution in [0.5, 0.6) is 0 Å². The number of carbonyl (C=O) groups excluding carboxylic acids is 1. The predicted molar refractivity (Wildman–Crippen MR) is 110 cm³/mol. The third-order valence-corrected chi connectivity index (χ3v) is 4.79. The average molecular weight is 420 g/mol. The number of carbonyl (C=O) groups is 1. The van der Waals surface area contributed by atoms with Crippen molar-refractivity contribution in [2.45, 2.75) is 19.3 Å². The highest BCUT2D eigenvalue weighted by atomic mass is 35.5. The van der Waals surface area contributed by atoms with Crippen molar-refractivity contribution >= 4 is 34.8 Å². The standard InChI is InChI=1S/C18H22ClN7O3/c19-14-6-4-5-13(11-14)18(27)24-23-17-15(26(28)29)16(21-12-22-17)20-7-10-25-8-2-1-3-9-25/h4-6,11-12H,1-3,7-10H2,(H,24,27)(H2,20,21,22,23). The van der Waals surface area contributed by atoms with Crippen molar-refractivity contribution in [3.8, 4) is 0 Å². The first-order valence-corrected chi connectivity index (χ1v) is 9.70. The molecule has 1 aliphatic rings. The predicted octanol–water partition coefficient (Wildman–Crippen LogP) is 2.69. The third kappa shape index (κ3) is 5.75. The van der Waals surface area contributed by atoms with Gasteiger partial charge in [-0.1, -0.05) is 24.1 Å². The van der Waals surface area contributed by atoms with Crippen molar-refractivity contribution in [3.63, 3.8) is 0 Å². The summed E-state index contributed by atoms with van der Waals surface area (Å²) in [6, 6.07) is 6.34. The molecule has 1 saturated heterocycles. The SMILES string of the molecule is O=C(NNc1ncnc(NCCN2CCCCC2)c1[N+](=O)[O-])c1cccc(Cl)c1. The molecule has 1 aliphatic heterocycles. The zero-order valence-electron chi connectivity index (χ0n) is 15.7. The summed E-state index contributed by atoms with van der Waals surface area (Å²) in [5, 5.41) is 15.0. The van der Waals surface area contributed by atoms with Crippen LogP contribution in [0.15, 0.2) is 30.6 Å². The highest BCUT2D eigenvalue weighted by Crippen LogP contribution is 2.28. The van der Waals surface area contributed by atoms with Crippen LogP contribution < -0.4 is 16.2 Å². The van der Waals surface area contributed by atoms with Crippen LogP contribution in [0.4, 0.5) is 17.3 Å². The van der Waals surface area contributed by atoms with Crippen LogP contribution in [-0.4, -0.2) is 51.9 Å². The summed E-state index contributed by atoms with van der Waals surface area (Å²) < 4.78 is 0. The van der Waals surface area contributed by atoms with Crippen molar-refractivity contribution in [2.24, 2.45) is 0 Å². The summed E-state index contributed by atoms with van der Waals surface area (Å²) in [4.78, 5) is 33.4. The molecule has 0 aliphatic carbocycles. The number of amides is 1. The van der Waals surface area contributed by atoms with Gasteiger partial charge in [-0.2, -0.15) is 0 Å². The molecular weight excluding hydrogens is 398 g/mol. The molecule has 1 aromatic heterocycles. The number of nitrogens with zero attached hydrogens (tertiary/aromatic N) is 4. The van der Waals surface area contributed by atoms with Gasteiger partial charge in [0.25, 0.3) is 5.91 Å². The number of aromatic nitrogens is 2. The third-order valence-electron chi connectivity index (χ3n) is 4.56. The Hall–Kier alpha value is -2.98. The molecule has 0 radical (unpaired) electrons. The van der Waals surface area contributed by atoms with Gasteiger partial charge in [0.2, 0.25) is 11.6 Å². The van der Waals surface area contributed by atoms with Gasteiger partial charge in [-0.3, -0.25) is 25.8 Å². The first-order chi connectivity index (χ1) is 14.0. The molecule has 0 bridgehead atoms. The van der Waals surface area contributed by atoms with Gasteiger partial charge in [0.05, 0.1) is 4.92 Å². The number of hydrogen-bond donors (Lipinski definition) is 3. The molecule has 0 spiro atoms. The molecule has 29 heavy (non-hydrogen) atoms. The number of nitro groups is 1. The molecule has 3 rings (SSSR count). The maximum absolute atomic E-state index is 12.2. The van der Waals surface area contributed by atoms with E-state index in [1.54, 1.807) is 18.2 Å². The van der Waals surface area contributed by atoms with Gasteiger partial charge < -0.3 is 10.2 Å². The van der Waals surface area contributed by atoms with Crippen LogP contribution in [0.3, 0.4) is 0 Å². The fourth-order valence-corrected chi connectivity index (χ4v) is 3.30. The Bertz CT molecular complexity index is 874. The van der Waals surface area contributed by atoms with Crippen LogP contribution in [0.1, 0.15) is 29.6 Å². The summed E-state index contributed by atoms with van der Waals surface area (Å²) in [7, 11) is 0. The van der Waals surface area contributed by atoms with E-state index in [1.165, 1.54) is 31.7 Å². The first kappa shape index (κ1) is 20.7. The quantitative estimate of drug-likeness (QED) is 0.440. The summed E-state index contributed by atoms with van der Waals surface area (Å²) in [6.45, 7) is 3.37. The van der Waals surface area contributed by atoms with Crippen molar-refractivity contribution < 1.29 is 9.72 Å². The van der Waals surface area contributed by atoms with Gasteiger partial charge in [0.15, 0.2) is 0 Å². The zero-order valence-corrected chi connectivity index (χ0v) is 16.5. The second-order valence-corrected chi connectivity index (χ2v) is 7.03. The number of nitrogens with one attached hydrogen (secondary N) is 3. The van der Waals surface area contributed by atoms with Gasteiger partial charge in [-0.15, -0.1) is 0 Å². The Morgan fingerprint density at radius 1 is 1.21 bits per heavy atom. The van der Waals surface area contributed by atoms with Crippen LogP contribution in [0.25, 0.3) is 0 Å². The minimum atomic E-state index is -0.586. The Kier molecular flexibility index (Phi) is 7.14. The summed E-state index contributed by atoms with van der Waals surface area (Å²) >= 11 is 5.88. The van der Waals surface area contributed by atoms with Gasteiger partial charge in [-0.05, 0) is 44.1 Å². The number of hydrogen-bond acceptors (Lipinski definition) is 8. The minimum Gasteiger partial charge on any atom is -0.363 e. The Labute approximate surface area is 172 Å². The van der Waals surface area contributed by atoms with Gasteiger partial charge in [-0.25, -0.2) is 9.97 Å². The lowest BCUT2D eigenvalue weighted by molar-refractivity contribution is -0.383. The summed E-state index contributed by atoms with van der Waals surface area (Å²) in [5.74, 6) is -0.512. The molecule has 1 amide bonds. The number of halogens is 1. The summed E-state index contributed by atoms with van der Waals surface area (Å²) in [6.07, 6.45) is 4.80. The number of anilines is 2. The lowest BCUT2D eigenvalue weighted by Gasteiger charge is -2.26. The maximum atomic E-state index is 12.2. The topological polar surface area (TPSA) is 125 Å². The molecule has 154 valence electrons. The normalized spacial score (nSPS) is 14.2. The van der Waals surface area contributed by atoms with Gasteiger partial charge >= 0.3 is 5.69 Å². The molecule has 1 aromatic carbocycles. The molecule has 2 aromatic rings. The zero-order chi connectivity index (χ0) is 20.6. The van der Waals surface area contributed by atoms with Crippen molar-refractivity contribution in [2.75, 3.05) is 36.9 Å². The van der Waals surface area contributed by atoms with Crippen LogP contribution in [0.2, 0.25) is 5.02 Å². The van der Waals surface area contributed by atoms with E-state index in [-0.39, 0.29) is 17.3 Å². The van der Waals surface area contributed by atoms with E-state index in [4.69, 9.17) is 11.6 Å². The molecule has 1 fully saturated rings. The second-order valence-electron chi connectivity index (χ2n) is 6.60. The van der Waals surface area contributed by atoms with E-state index in [9.17, 15) is 14.9 Å². The fraction of sp³-hybridized carbons (Fsp3) is 0.389. The molecule has 0 atom stereocenters. The van der Waals surface area contributed by atoms with E-state index >= 15 is 0 Å². The van der Waals surface area contributed by atoms with Crippen molar-refractivity contribution in [1.82, 2.24) is 20.3 Å². The number of benzene rings is 1. The fourth-order valence-electron chi connectivity index (χ4n) is 3.11. The summed E-state index contributed by atoms with van der Waals surface area (Å²) in [5.41, 5.74) is 4.87. The molecular formula is C18H22ClN7O3. The van der Waals surface area contributed by atoms with Crippen molar-refractivity contribution in [1.29, 1.82) is 0 Å². The molecule has 0 saturated carbocycles. The van der Waals surface area contributed by atoms with Crippen LogP contribution in [0, 0.1) is 10.1 Å². The Balaban J connectivity index is 1.64. The maximum Gasteiger partial charge on any atom is 0.354 e. The number of piperidine rings is 1. The smallest absolute Gasteiger partial charge is 0.354 e. The molecule has 2 heterocycles. The number of hydrazine groups is 1. The van der Waals surface area contributed by atoms with Crippen LogP contribution in [-0.2, 0) is 0 Å². The van der Waals surface area contributed by atoms with Gasteiger partial charge in [0.1, 0.15) is 6.33 Å². The highest BCUT2D eigenvalue weighted by Gasteiger charge is 2.23. The molecule has 11 heteroatoms. The van der Waals surface area contributed by atoms with E-state index in [0.717, 1.165) is 19.6 Å². The van der Waals surface area contributed by atoms with Gasteiger partial charge in [0, 0.05) is 23.7 Å². The lowest BCUT2D eigenvalue weighted by atomic mass is 10.1. The minimum absolute atomic E-state index is 0.0986. The Morgan fingerprint density at radius 2 is 1.97 bits per heavy atom. The second kappa shape index (κ2) is 9.99. The number of rotatable bonds is 8. The first-order valence-electron chi connectivity index (χ1n) is 9.32. The number of likely N-dealkylation sites (tertiary alicyclic amines) is 1. The Morgan fingerprint density at radius 3 is 2.69 bits per heavy atom. The van der Waals surface area contributed by atoms with Crippen LogP contribution >= 0.6 is 11.6 Å². The van der Waals surface area contributed by atoms with E-state index in [0.29, 0.717) is 17.1 Å².